The van der Waals surface area contributed by atoms with Gasteiger partial charge in [-0.2, -0.15) is 5.26 Å². The van der Waals surface area contributed by atoms with Crippen LogP contribution in [-0.4, -0.2) is 28.8 Å². The number of hydrogen-bond acceptors (Lipinski definition) is 4. The van der Waals surface area contributed by atoms with Crippen LogP contribution in [0, 0.1) is 17.2 Å². The maximum absolute atomic E-state index is 11.3. The van der Waals surface area contributed by atoms with Crippen LogP contribution in [0.25, 0.3) is 0 Å². The lowest BCUT2D eigenvalue weighted by molar-refractivity contribution is -0.122. The molecule has 0 aromatic carbocycles. The number of nitrogens with zero attached hydrogens (tertiary/aromatic N) is 3. The summed E-state index contributed by atoms with van der Waals surface area (Å²) in [6.07, 6.45) is 3.50. The molecule has 1 fully saturated rings. The average Bonchev–Trinajstić information content (AvgIpc) is 2.40. The summed E-state index contributed by atoms with van der Waals surface area (Å²) in [5, 5.41) is 8.99. The van der Waals surface area contributed by atoms with Crippen molar-refractivity contribution in [3.8, 4) is 6.07 Å². The zero-order valence-electron chi connectivity index (χ0n) is 10.6. The molecule has 0 unspecified atom stereocenters. The van der Waals surface area contributed by atoms with Crippen LogP contribution in [0.3, 0.4) is 0 Å². The van der Waals surface area contributed by atoms with Gasteiger partial charge in [-0.3, -0.25) is 9.69 Å². The van der Waals surface area contributed by atoms with Crippen LogP contribution in [0.15, 0.2) is 18.3 Å². The second-order valence-electron chi connectivity index (χ2n) is 4.78. The van der Waals surface area contributed by atoms with E-state index in [1.165, 1.54) is 0 Å². The first kappa shape index (κ1) is 12.7. The Kier molecular flexibility index (Phi) is 4.06. The molecule has 0 radical (unpaired) electrons. The number of carbonyl (C=O) groups excluding carboxylic acids is 1. The molecule has 0 saturated carbocycles. The van der Waals surface area contributed by atoms with Crippen molar-refractivity contribution < 1.29 is 4.79 Å². The lowest BCUT2D eigenvalue weighted by atomic mass is 9.93. The Labute approximate surface area is 107 Å². The van der Waals surface area contributed by atoms with Crippen molar-refractivity contribution in [1.82, 2.24) is 9.88 Å². The molecule has 2 heterocycles. The number of pyridine rings is 1. The number of carbonyl (C=O) groups is 1. The van der Waals surface area contributed by atoms with E-state index >= 15 is 0 Å². The van der Waals surface area contributed by atoms with E-state index in [0.717, 1.165) is 38.0 Å². The van der Waals surface area contributed by atoms with Crippen LogP contribution in [0.1, 0.15) is 31.0 Å². The molecule has 4 heteroatoms. The first-order valence-corrected chi connectivity index (χ1v) is 6.27. The second kappa shape index (κ2) is 5.74. The van der Waals surface area contributed by atoms with Gasteiger partial charge in [0.05, 0.1) is 0 Å². The Morgan fingerprint density at radius 1 is 1.56 bits per heavy atom. The molecule has 4 nitrogen and oxygen atoms in total. The molecule has 0 bridgehead atoms. The second-order valence-corrected chi connectivity index (χ2v) is 4.78. The third-order valence-electron chi connectivity index (χ3n) is 3.55. The summed E-state index contributed by atoms with van der Waals surface area (Å²) in [5.74, 6) is 0.527. The smallest absolute Gasteiger partial charge is 0.144 e. The average molecular weight is 243 g/mol. The topological polar surface area (TPSA) is 57.0 Å². The molecule has 94 valence electrons. The van der Waals surface area contributed by atoms with Gasteiger partial charge in [-0.05, 0) is 38.9 Å². The van der Waals surface area contributed by atoms with Crippen LogP contribution >= 0.6 is 0 Å². The van der Waals surface area contributed by atoms with Crippen molar-refractivity contribution in [2.75, 3.05) is 13.1 Å². The molecule has 1 aliphatic rings. The van der Waals surface area contributed by atoms with Crippen molar-refractivity contribution in [3.05, 3.63) is 29.6 Å². The maximum atomic E-state index is 11.3. The molecule has 0 N–H and O–H groups in total. The van der Waals surface area contributed by atoms with Gasteiger partial charge in [0.25, 0.3) is 0 Å². The molecule has 2 rings (SSSR count). The standard InChI is InChI=1S/C14H17N3O/c1-11(18)12-4-7-17(8-5-12)10-13-3-2-6-16-14(13)9-15/h2-3,6,12H,4-5,7-8,10H2,1H3. The van der Waals surface area contributed by atoms with Gasteiger partial charge in [0, 0.05) is 24.2 Å². The Hall–Kier alpha value is -1.73. The summed E-state index contributed by atoms with van der Waals surface area (Å²) in [7, 11) is 0. The van der Waals surface area contributed by atoms with Crippen molar-refractivity contribution >= 4 is 5.78 Å². The molecule has 1 aromatic heterocycles. The molecular formula is C14H17N3O. The van der Waals surface area contributed by atoms with E-state index in [1.807, 2.05) is 12.1 Å². The number of nitriles is 1. The van der Waals surface area contributed by atoms with Crippen molar-refractivity contribution in [2.24, 2.45) is 5.92 Å². The predicted molar refractivity (Wildman–Crippen MR) is 67.6 cm³/mol. The fourth-order valence-corrected chi connectivity index (χ4v) is 2.41. The van der Waals surface area contributed by atoms with Gasteiger partial charge in [0.15, 0.2) is 0 Å². The van der Waals surface area contributed by atoms with Gasteiger partial charge in [-0.25, -0.2) is 4.98 Å². The number of aromatic nitrogens is 1. The summed E-state index contributed by atoms with van der Waals surface area (Å²) in [4.78, 5) is 17.6. The van der Waals surface area contributed by atoms with E-state index in [9.17, 15) is 4.79 Å². The summed E-state index contributed by atoms with van der Waals surface area (Å²) in [6.45, 7) is 4.27. The third-order valence-corrected chi connectivity index (χ3v) is 3.55. The largest absolute Gasteiger partial charge is 0.300 e. The SMILES string of the molecule is CC(=O)C1CCN(Cc2cccnc2C#N)CC1. The summed E-state index contributed by atoms with van der Waals surface area (Å²) in [5.41, 5.74) is 1.48. The minimum atomic E-state index is 0.227. The van der Waals surface area contributed by atoms with E-state index in [-0.39, 0.29) is 5.92 Å². The summed E-state index contributed by atoms with van der Waals surface area (Å²) >= 11 is 0. The number of hydrogen-bond donors (Lipinski definition) is 0. The van der Waals surface area contributed by atoms with Gasteiger partial charge < -0.3 is 0 Å². The number of Topliss-reactive ketones (excluding diaryl/α,β-unsaturated/α-hetero) is 1. The van der Waals surface area contributed by atoms with E-state index in [1.54, 1.807) is 13.1 Å². The highest BCUT2D eigenvalue weighted by atomic mass is 16.1. The first-order valence-electron chi connectivity index (χ1n) is 6.27. The van der Waals surface area contributed by atoms with Crippen LogP contribution in [0.5, 0.6) is 0 Å². The lowest BCUT2D eigenvalue weighted by Crippen LogP contribution is -2.35. The van der Waals surface area contributed by atoms with E-state index < -0.39 is 0 Å². The van der Waals surface area contributed by atoms with E-state index in [0.29, 0.717) is 11.5 Å². The molecule has 1 saturated heterocycles. The summed E-state index contributed by atoms with van der Waals surface area (Å²) in [6, 6.07) is 5.93. The van der Waals surface area contributed by atoms with Crippen LogP contribution in [0.2, 0.25) is 0 Å². The normalized spacial score (nSPS) is 17.3. The van der Waals surface area contributed by atoms with Gasteiger partial charge in [-0.1, -0.05) is 6.07 Å². The highest BCUT2D eigenvalue weighted by Gasteiger charge is 2.22. The van der Waals surface area contributed by atoms with Crippen molar-refractivity contribution in [3.63, 3.8) is 0 Å². The predicted octanol–water partition coefficient (Wildman–Crippen LogP) is 1.75. The Balaban J connectivity index is 1.96. The zero-order chi connectivity index (χ0) is 13.0. The van der Waals surface area contributed by atoms with Crippen LogP contribution < -0.4 is 0 Å². The van der Waals surface area contributed by atoms with Gasteiger partial charge in [-0.15, -0.1) is 0 Å². The Morgan fingerprint density at radius 2 is 2.28 bits per heavy atom. The highest BCUT2D eigenvalue weighted by Crippen LogP contribution is 2.20. The number of rotatable bonds is 3. The number of piperidine rings is 1. The quantitative estimate of drug-likeness (QED) is 0.811. The molecule has 0 amide bonds. The van der Waals surface area contributed by atoms with Crippen molar-refractivity contribution in [2.45, 2.75) is 26.3 Å². The number of ketones is 1. The fourth-order valence-electron chi connectivity index (χ4n) is 2.41. The first-order chi connectivity index (χ1) is 8.70. The highest BCUT2D eigenvalue weighted by molar-refractivity contribution is 5.78. The monoisotopic (exact) mass is 243 g/mol. The molecule has 1 aliphatic heterocycles. The minimum absolute atomic E-state index is 0.227. The minimum Gasteiger partial charge on any atom is -0.300 e. The lowest BCUT2D eigenvalue weighted by Gasteiger charge is -2.30. The Morgan fingerprint density at radius 3 is 2.89 bits per heavy atom. The fraction of sp³-hybridized carbons (Fsp3) is 0.500. The molecular weight excluding hydrogens is 226 g/mol. The van der Waals surface area contributed by atoms with Gasteiger partial charge in [0.1, 0.15) is 17.5 Å². The van der Waals surface area contributed by atoms with E-state index in [2.05, 4.69) is 16.0 Å². The molecule has 0 aliphatic carbocycles. The number of likely N-dealkylation sites (tertiary alicyclic amines) is 1. The molecule has 18 heavy (non-hydrogen) atoms. The third kappa shape index (κ3) is 2.93. The van der Waals surface area contributed by atoms with Crippen LogP contribution in [-0.2, 0) is 11.3 Å². The maximum Gasteiger partial charge on any atom is 0.144 e. The zero-order valence-corrected chi connectivity index (χ0v) is 10.6. The van der Waals surface area contributed by atoms with E-state index in [4.69, 9.17) is 5.26 Å². The van der Waals surface area contributed by atoms with Crippen molar-refractivity contribution in [1.29, 1.82) is 5.26 Å². The van der Waals surface area contributed by atoms with Crippen LogP contribution in [0.4, 0.5) is 0 Å². The van der Waals surface area contributed by atoms with Gasteiger partial charge in [0.2, 0.25) is 0 Å². The molecule has 0 spiro atoms. The molecule has 1 aromatic rings. The Bertz CT molecular complexity index is 470. The van der Waals surface area contributed by atoms with Gasteiger partial charge >= 0.3 is 0 Å². The summed E-state index contributed by atoms with van der Waals surface area (Å²) < 4.78 is 0. The molecule has 0 atom stereocenters.